The summed E-state index contributed by atoms with van der Waals surface area (Å²) in [6, 6.07) is 16.3. The summed E-state index contributed by atoms with van der Waals surface area (Å²) in [7, 11) is -3.68. The summed E-state index contributed by atoms with van der Waals surface area (Å²) < 4.78 is 29.2. The van der Waals surface area contributed by atoms with Gasteiger partial charge in [0.15, 0.2) is 0 Å². The summed E-state index contributed by atoms with van der Waals surface area (Å²) >= 11 is 0. The van der Waals surface area contributed by atoms with Gasteiger partial charge >= 0.3 is 5.69 Å². The number of nitrogens with zero attached hydrogens (tertiary/aromatic N) is 5. The van der Waals surface area contributed by atoms with Crippen molar-refractivity contribution in [3.05, 3.63) is 121 Å². The first-order valence-electron chi connectivity index (χ1n) is 13.0. The Morgan fingerprint density at radius 3 is 2.37 bits per heavy atom. The summed E-state index contributed by atoms with van der Waals surface area (Å²) in [6.45, 7) is 7.86. The van der Waals surface area contributed by atoms with Gasteiger partial charge in [-0.05, 0) is 65.8 Å². The second-order valence-electron chi connectivity index (χ2n) is 10.3. The molecule has 0 aliphatic rings. The van der Waals surface area contributed by atoms with E-state index < -0.39 is 27.0 Å². The van der Waals surface area contributed by atoms with E-state index >= 15 is 0 Å². The van der Waals surface area contributed by atoms with Crippen molar-refractivity contribution >= 4 is 20.9 Å². The summed E-state index contributed by atoms with van der Waals surface area (Å²) in [6.07, 6.45) is 3.80. The number of hydrogen-bond donors (Lipinski definition) is 1. The second-order valence-corrected chi connectivity index (χ2v) is 12.2. The fourth-order valence-corrected chi connectivity index (χ4v) is 6.48. The summed E-state index contributed by atoms with van der Waals surface area (Å²) in [5, 5.41) is 13.9. The minimum atomic E-state index is -3.68. The van der Waals surface area contributed by atoms with Crippen LogP contribution in [0.25, 0.3) is 16.6 Å². The fraction of sp³-hybridized carbons (Fsp3) is 0.233. The first-order chi connectivity index (χ1) is 19.5. The first kappa shape index (κ1) is 27.7. The van der Waals surface area contributed by atoms with Gasteiger partial charge in [-0.15, -0.1) is 5.10 Å². The summed E-state index contributed by atoms with van der Waals surface area (Å²) in [5.41, 5.74) is 4.11. The minimum Gasteiger partial charge on any atom is -0.270 e. The van der Waals surface area contributed by atoms with Gasteiger partial charge in [0.2, 0.25) is 15.7 Å². The zero-order valence-electron chi connectivity index (χ0n) is 23.0. The number of nitriles is 1. The topological polar surface area (TPSA) is 144 Å². The van der Waals surface area contributed by atoms with E-state index in [1.165, 1.54) is 3.97 Å². The van der Waals surface area contributed by atoms with E-state index in [0.717, 1.165) is 38.0 Å². The van der Waals surface area contributed by atoms with Gasteiger partial charge in [-0.1, -0.05) is 44.2 Å². The molecule has 0 spiro atoms. The molecule has 10 nitrogen and oxygen atoms in total. The smallest absolute Gasteiger partial charge is 0.270 e. The van der Waals surface area contributed by atoms with Gasteiger partial charge in [0.25, 0.3) is 5.56 Å². The molecule has 3 aromatic heterocycles. The van der Waals surface area contributed by atoms with Crippen LogP contribution in [-0.2, 0) is 22.2 Å². The van der Waals surface area contributed by atoms with Gasteiger partial charge in [-0.25, -0.2) is 17.2 Å². The molecule has 1 N–H and O–H groups in total. The Kier molecular flexibility index (Phi) is 7.19. The largest absolute Gasteiger partial charge is 0.349 e. The number of aromatic nitrogens is 5. The number of aromatic amines is 1. The number of H-pyrrole nitrogens is 1. The van der Waals surface area contributed by atoms with Crippen molar-refractivity contribution in [2.75, 3.05) is 0 Å². The Morgan fingerprint density at radius 2 is 1.73 bits per heavy atom. The van der Waals surface area contributed by atoms with Crippen molar-refractivity contribution in [2.45, 2.75) is 45.8 Å². The standard InChI is InChI=1S/C30H28N6O4S/c1-18(2)26-16-35(41(39,40)17-21-8-6-5-7-9-21)28-15-32-22(13-25(26)28)12-24-19(3)10-23(11-20(24)4)36-30(38)33-29(37)27(14-31)34-36/h5-11,13,15-16,18H,12,17H2,1-4H3,(H,33,37,38). The van der Waals surface area contributed by atoms with Gasteiger partial charge in [-0.3, -0.25) is 14.8 Å². The lowest BCUT2D eigenvalue weighted by molar-refractivity contribution is 0.588. The molecule has 208 valence electrons. The Morgan fingerprint density at radius 1 is 1.05 bits per heavy atom. The van der Waals surface area contributed by atoms with Gasteiger partial charge < -0.3 is 0 Å². The van der Waals surface area contributed by atoms with Crippen LogP contribution in [0.15, 0.2) is 70.5 Å². The molecule has 0 atom stereocenters. The Balaban J connectivity index is 1.53. The van der Waals surface area contributed by atoms with Gasteiger partial charge in [0.05, 0.1) is 23.2 Å². The zero-order chi connectivity index (χ0) is 29.5. The van der Waals surface area contributed by atoms with Crippen LogP contribution in [0.1, 0.15) is 59.0 Å². The van der Waals surface area contributed by atoms with Crippen LogP contribution in [0, 0.1) is 25.2 Å². The van der Waals surface area contributed by atoms with E-state index in [2.05, 4.69) is 15.1 Å². The highest BCUT2D eigenvalue weighted by molar-refractivity contribution is 7.89. The average molecular weight is 569 g/mol. The number of hydrogen-bond acceptors (Lipinski definition) is 7. The molecule has 0 aliphatic heterocycles. The molecule has 0 bridgehead atoms. The van der Waals surface area contributed by atoms with Crippen LogP contribution in [-0.4, -0.2) is 32.1 Å². The third-order valence-corrected chi connectivity index (χ3v) is 8.67. The van der Waals surface area contributed by atoms with Crippen LogP contribution < -0.4 is 11.2 Å². The summed E-state index contributed by atoms with van der Waals surface area (Å²) in [5.74, 6) is -0.0322. The molecule has 11 heteroatoms. The maximum Gasteiger partial charge on any atom is 0.349 e. The highest BCUT2D eigenvalue weighted by Crippen LogP contribution is 2.31. The second kappa shape index (κ2) is 10.6. The van der Waals surface area contributed by atoms with E-state index in [0.29, 0.717) is 23.2 Å². The SMILES string of the molecule is Cc1cc(-n2nc(C#N)c(=O)[nH]c2=O)cc(C)c1Cc1cc2c(C(C)C)cn(S(=O)(=O)Cc3ccccc3)c2cn1. The first-order valence-corrected chi connectivity index (χ1v) is 14.6. The maximum absolute atomic E-state index is 13.4. The highest BCUT2D eigenvalue weighted by Gasteiger charge is 2.22. The fourth-order valence-electron chi connectivity index (χ4n) is 5.01. The maximum atomic E-state index is 13.4. The monoisotopic (exact) mass is 568 g/mol. The number of aryl methyl sites for hydroxylation is 2. The number of benzene rings is 2. The molecule has 0 unspecified atom stereocenters. The van der Waals surface area contributed by atoms with Crippen molar-refractivity contribution in [2.24, 2.45) is 0 Å². The lowest BCUT2D eigenvalue weighted by Crippen LogP contribution is -2.33. The van der Waals surface area contributed by atoms with Crippen LogP contribution in [0.4, 0.5) is 0 Å². The number of nitrogens with one attached hydrogen (secondary N) is 1. The Labute approximate surface area is 236 Å². The van der Waals surface area contributed by atoms with E-state index in [9.17, 15) is 18.0 Å². The molecule has 3 heterocycles. The Hall–Kier alpha value is -4.82. The molecular formula is C30H28N6O4S. The molecule has 0 amide bonds. The van der Waals surface area contributed by atoms with Crippen molar-refractivity contribution in [1.29, 1.82) is 5.26 Å². The van der Waals surface area contributed by atoms with Crippen molar-refractivity contribution < 1.29 is 8.42 Å². The highest BCUT2D eigenvalue weighted by atomic mass is 32.2. The van der Waals surface area contributed by atoms with Crippen LogP contribution >= 0.6 is 0 Å². The third-order valence-electron chi connectivity index (χ3n) is 7.07. The molecule has 0 aliphatic carbocycles. The predicted octanol–water partition coefficient (Wildman–Crippen LogP) is 3.85. The molecule has 41 heavy (non-hydrogen) atoms. The number of fused-ring (bicyclic) bond motifs is 1. The molecule has 5 rings (SSSR count). The minimum absolute atomic E-state index is 0.0881. The van der Waals surface area contributed by atoms with Gasteiger partial charge in [0.1, 0.15) is 6.07 Å². The van der Waals surface area contributed by atoms with Crippen LogP contribution in [0.3, 0.4) is 0 Å². The van der Waals surface area contributed by atoms with Gasteiger partial charge in [0, 0.05) is 23.7 Å². The lowest BCUT2D eigenvalue weighted by Gasteiger charge is -2.14. The van der Waals surface area contributed by atoms with E-state index in [4.69, 9.17) is 5.26 Å². The van der Waals surface area contributed by atoms with Crippen LogP contribution in [0.2, 0.25) is 0 Å². The molecule has 0 fully saturated rings. The molecule has 0 radical (unpaired) electrons. The zero-order valence-corrected chi connectivity index (χ0v) is 23.9. The molecule has 0 saturated carbocycles. The third kappa shape index (κ3) is 5.34. The number of pyridine rings is 1. The lowest BCUT2D eigenvalue weighted by atomic mass is 9.96. The molecular weight excluding hydrogens is 540 g/mol. The predicted molar refractivity (Wildman–Crippen MR) is 156 cm³/mol. The van der Waals surface area contributed by atoms with Gasteiger partial charge in [-0.2, -0.15) is 9.94 Å². The molecule has 0 saturated heterocycles. The van der Waals surface area contributed by atoms with Crippen molar-refractivity contribution in [3.8, 4) is 11.8 Å². The molecule has 2 aromatic carbocycles. The number of rotatable bonds is 7. The van der Waals surface area contributed by atoms with Crippen LogP contribution in [0.5, 0.6) is 0 Å². The molecule has 5 aromatic rings. The van der Waals surface area contributed by atoms with E-state index in [1.807, 2.05) is 52.0 Å². The quantitative estimate of drug-likeness (QED) is 0.314. The van der Waals surface area contributed by atoms with E-state index in [1.54, 1.807) is 42.7 Å². The normalized spacial score (nSPS) is 11.7. The van der Waals surface area contributed by atoms with Crippen molar-refractivity contribution in [1.82, 2.24) is 23.7 Å². The van der Waals surface area contributed by atoms with Crippen molar-refractivity contribution in [3.63, 3.8) is 0 Å². The van der Waals surface area contributed by atoms with E-state index in [-0.39, 0.29) is 11.7 Å². The Bertz CT molecular complexity index is 2040. The summed E-state index contributed by atoms with van der Waals surface area (Å²) in [4.78, 5) is 30.9. The average Bonchev–Trinajstić information content (AvgIpc) is 3.31.